The van der Waals surface area contributed by atoms with Gasteiger partial charge in [-0.25, -0.2) is 0 Å². The van der Waals surface area contributed by atoms with Gasteiger partial charge in [-0.15, -0.1) is 0 Å². The van der Waals surface area contributed by atoms with Crippen LogP contribution in [-0.2, 0) is 4.79 Å². The van der Waals surface area contributed by atoms with Crippen LogP contribution in [0.3, 0.4) is 0 Å². The Morgan fingerprint density at radius 1 is 1.33 bits per heavy atom. The van der Waals surface area contributed by atoms with Gasteiger partial charge in [-0.05, 0) is 12.8 Å². The van der Waals surface area contributed by atoms with E-state index in [-0.39, 0.29) is 5.92 Å². The predicted molar refractivity (Wildman–Crippen MR) is 55.9 cm³/mol. The molecule has 0 heterocycles. The number of amides is 1. The van der Waals surface area contributed by atoms with Gasteiger partial charge in [0.15, 0.2) is 0 Å². The average molecular weight is 243 g/mol. The first-order valence-corrected chi connectivity index (χ1v) is 5.20. The minimum Gasteiger partial charge on any atom is -0.352 e. The number of halogens is 3. The largest absolute Gasteiger partial charge is 0.391 e. The Labute approximate surface area is 93.0 Å². The van der Waals surface area contributed by atoms with Gasteiger partial charge >= 0.3 is 6.18 Å². The maximum Gasteiger partial charge on any atom is 0.391 e. The molecular formula is C9H16F3NOS. The van der Waals surface area contributed by atoms with Crippen LogP contribution in [0.15, 0.2) is 0 Å². The molecule has 1 amide bonds. The van der Waals surface area contributed by atoms with Gasteiger partial charge in [0.1, 0.15) is 0 Å². The molecule has 0 aliphatic heterocycles. The van der Waals surface area contributed by atoms with Gasteiger partial charge in [0, 0.05) is 6.04 Å². The number of thiol groups is 1. The number of hydrogen-bond donors (Lipinski definition) is 2. The summed E-state index contributed by atoms with van der Waals surface area (Å²) in [5.41, 5.74) is 0. The highest BCUT2D eigenvalue weighted by atomic mass is 32.1. The van der Waals surface area contributed by atoms with Gasteiger partial charge < -0.3 is 5.32 Å². The Balaban J connectivity index is 4.08. The quantitative estimate of drug-likeness (QED) is 0.729. The summed E-state index contributed by atoms with van der Waals surface area (Å²) < 4.78 is 35.8. The molecule has 0 bridgehead atoms. The number of carbonyl (C=O) groups is 1. The molecule has 2 atom stereocenters. The fourth-order valence-electron chi connectivity index (χ4n) is 1.03. The van der Waals surface area contributed by atoms with E-state index in [0.29, 0.717) is 0 Å². The van der Waals surface area contributed by atoms with E-state index >= 15 is 0 Å². The van der Waals surface area contributed by atoms with Crippen molar-refractivity contribution >= 4 is 18.5 Å². The molecule has 15 heavy (non-hydrogen) atoms. The van der Waals surface area contributed by atoms with Crippen molar-refractivity contribution in [1.29, 1.82) is 0 Å². The van der Waals surface area contributed by atoms with Crippen molar-refractivity contribution < 1.29 is 18.0 Å². The fraction of sp³-hybridized carbons (Fsp3) is 0.889. The number of nitrogens with one attached hydrogen (secondary N) is 1. The Bertz CT molecular complexity index is 218. The molecule has 0 aliphatic rings. The monoisotopic (exact) mass is 243 g/mol. The van der Waals surface area contributed by atoms with E-state index in [1.165, 1.54) is 6.92 Å². The maximum atomic E-state index is 11.9. The second-order valence-electron chi connectivity index (χ2n) is 3.92. The first-order chi connectivity index (χ1) is 6.63. The Morgan fingerprint density at radius 2 is 1.80 bits per heavy atom. The minimum atomic E-state index is -4.25. The standard InChI is InChI=1S/C9H16F3NOS/c1-5(2)7(15)8(14)13-6(3)4-9(10,11)12/h5-7,15H,4H2,1-3H3,(H,13,14). The Kier molecular flexibility index (Phi) is 5.48. The average Bonchev–Trinajstić information content (AvgIpc) is 1.98. The molecule has 0 fully saturated rings. The minimum absolute atomic E-state index is 0.00794. The van der Waals surface area contributed by atoms with Gasteiger partial charge in [-0.2, -0.15) is 25.8 Å². The van der Waals surface area contributed by atoms with Crippen molar-refractivity contribution in [3.8, 4) is 0 Å². The van der Waals surface area contributed by atoms with E-state index in [9.17, 15) is 18.0 Å². The third-order valence-corrected chi connectivity index (χ3v) is 2.66. The third kappa shape index (κ3) is 6.65. The van der Waals surface area contributed by atoms with Crippen molar-refractivity contribution in [2.75, 3.05) is 0 Å². The smallest absolute Gasteiger partial charge is 0.352 e. The van der Waals surface area contributed by atoms with Crippen LogP contribution in [0.5, 0.6) is 0 Å². The SMILES string of the molecule is CC(CC(F)(F)F)NC(=O)C(S)C(C)C. The van der Waals surface area contributed by atoms with Crippen molar-refractivity contribution in [3.05, 3.63) is 0 Å². The van der Waals surface area contributed by atoms with Gasteiger partial charge in [-0.3, -0.25) is 4.79 Å². The lowest BCUT2D eigenvalue weighted by Crippen LogP contribution is -2.41. The first kappa shape index (κ1) is 14.6. The fourth-order valence-corrected chi connectivity index (χ4v) is 1.10. The van der Waals surface area contributed by atoms with Crippen molar-refractivity contribution in [2.45, 2.75) is 44.7 Å². The highest BCUT2D eigenvalue weighted by Crippen LogP contribution is 2.21. The van der Waals surface area contributed by atoms with Crippen LogP contribution >= 0.6 is 12.6 Å². The topological polar surface area (TPSA) is 29.1 Å². The molecule has 0 aromatic rings. The van der Waals surface area contributed by atoms with E-state index in [1.807, 2.05) is 0 Å². The third-order valence-electron chi connectivity index (χ3n) is 1.83. The summed E-state index contributed by atoms with van der Waals surface area (Å²) in [5.74, 6) is -0.462. The summed E-state index contributed by atoms with van der Waals surface area (Å²) in [4.78, 5) is 11.3. The van der Waals surface area contributed by atoms with Gasteiger partial charge in [0.05, 0.1) is 11.7 Å². The van der Waals surface area contributed by atoms with Gasteiger partial charge in [-0.1, -0.05) is 13.8 Å². The zero-order valence-electron chi connectivity index (χ0n) is 8.93. The maximum absolute atomic E-state index is 11.9. The van der Waals surface area contributed by atoms with Crippen LogP contribution in [-0.4, -0.2) is 23.4 Å². The van der Waals surface area contributed by atoms with Gasteiger partial charge in [0.25, 0.3) is 0 Å². The van der Waals surface area contributed by atoms with E-state index in [2.05, 4.69) is 17.9 Å². The lowest BCUT2D eigenvalue weighted by Gasteiger charge is -2.20. The zero-order chi connectivity index (χ0) is 12.2. The van der Waals surface area contributed by atoms with E-state index in [1.54, 1.807) is 13.8 Å². The molecule has 0 rings (SSSR count). The van der Waals surface area contributed by atoms with Crippen molar-refractivity contribution in [2.24, 2.45) is 5.92 Å². The molecule has 0 saturated carbocycles. The summed E-state index contributed by atoms with van der Waals surface area (Å²) in [6.07, 6.45) is -5.27. The molecular weight excluding hydrogens is 227 g/mol. The normalized spacial score (nSPS) is 16.3. The molecule has 0 aliphatic carbocycles. The molecule has 6 heteroatoms. The second-order valence-corrected chi connectivity index (χ2v) is 4.47. The lowest BCUT2D eigenvalue weighted by atomic mass is 10.1. The van der Waals surface area contributed by atoms with Crippen molar-refractivity contribution in [3.63, 3.8) is 0 Å². The van der Waals surface area contributed by atoms with Crippen molar-refractivity contribution in [1.82, 2.24) is 5.32 Å². The molecule has 0 aromatic heterocycles. The van der Waals surface area contributed by atoms with Crippen LogP contribution in [0.4, 0.5) is 13.2 Å². The lowest BCUT2D eigenvalue weighted by molar-refractivity contribution is -0.141. The number of hydrogen-bond acceptors (Lipinski definition) is 2. The predicted octanol–water partition coefficient (Wildman–Crippen LogP) is 2.40. The summed E-state index contributed by atoms with van der Waals surface area (Å²) in [7, 11) is 0. The number of alkyl halides is 3. The molecule has 0 saturated heterocycles. The first-order valence-electron chi connectivity index (χ1n) is 4.68. The van der Waals surface area contributed by atoms with Crippen LogP contribution in [0, 0.1) is 5.92 Å². The molecule has 2 nitrogen and oxygen atoms in total. The Hall–Kier alpha value is -0.390. The zero-order valence-corrected chi connectivity index (χ0v) is 9.82. The molecule has 1 N–H and O–H groups in total. The molecule has 0 spiro atoms. The summed E-state index contributed by atoms with van der Waals surface area (Å²) in [5, 5.41) is 1.71. The molecule has 0 aromatic carbocycles. The molecule has 0 radical (unpaired) electrons. The highest BCUT2D eigenvalue weighted by Gasteiger charge is 2.31. The molecule has 90 valence electrons. The summed E-state index contributed by atoms with van der Waals surface area (Å²) in [6.45, 7) is 4.89. The summed E-state index contributed by atoms with van der Waals surface area (Å²) in [6, 6.07) is -0.911. The number of carbonyl (C=O) groups excluding carboxylic acids is 1. The Morgan fingerprint density at radius 3 is 2.13 bits per heavy atom. The van der Waals surface area contributed by atoms with Crippen LogP contribution < -0.4 is 5.32 Å². The van der Waals surface area contributed by atoms with E-state index in [0.717, 1.165) is 0 Å². The van der Waals surface area contributed by atoms with E-state index < -0.39 is 29.8 Å². The molecule has 2 unspecified atom stereocenters. The highest BCUT2D eigenvalue weighted by molar-refractivity contribution is 7.81. The number of rotatable bonds is 4. The summed E-state index contributed by atoms with van der Waals surface area (Å²) >= 11 is 4.01. The second kappa shape index (κ2) is 5.63. The van der Waals surface area contributed by atoms with E-state index in [4.69, 9.17) is 0 Å². The van der Waals surface area contributed by atoms with Crippen LogP contribution in [0.1, 0.15) is 27.2 Å². The van der Waals surface area contributed by atoms with Crippen LogP contribution in [0.25, 0.3) is 0 Å². The van der Waals surface area contributed by atoms with Gasteiger partial charge in [0.2, 0.25) is 5.91 Å². The van der Waals surface area contributed by atoms with Crippen LogP contribution in [0.2, 0.25) is 0 Å².